The molecular formula is C12H15F3N4O. The first-order chi connectivity index (χ1) is 9.08. The number of benzene rings is 1. The van der Waals surface area contributed by atoms with E-state index in [9.17, 15) is 18.0 Å². The van der Waals surface area contributed by atoms with Crippen LogP contribution in [-0.2, 0) is 0 Å². The van der Waals surface area contributed by atoms with Crippen LogP contribution < -0.4 is 16.4 Å². The van der Waals surface area contributed by atoms with E-state index in [2.05, 4.69) is 15.6 Å². The van der Waals surface area contributed by atoms with Crippen molar-refractivity contribution < 1.29 is 18.0 Å². The van der Waals surface area contributed by atoms with Gasteiger partial charge in [0.15, 0.2) is 11.6 Å². The predicted octanol–water partition coefficient (Wildman–Crippen LogP) is 2.15. The molecular weight excluding hydrogens is 273 g/mol. The number of rotatable bonds is 1. The van der Waals surface area contributed by atoms with E-state index in [1.165, 1.54) is 0 Å². The van der Waals surface area contributed by atoms with Gasteiger partial charge in [-0.3, -0.25) is 5.32 Å². The van der Waals surface area contributed by atoms with Crippen LogP contribution >= 0.6 is 0 Å². The summed E-state index contributed by atoms with van der Waals surface area (Å²) in [6.07, 6.45) is 0. The molecule has 4 N–H and O–H groups in total. The molecule has 0 saturated heterocycles. The van der Waals surface area contributed by atoms with Crippen molar-refractivity contribution in [2.75, 3.05) is 0 Å². The van der Waals surface area contributed by atoms with Gasteiger partial charge in [0.05, 0.1) is 0 Å². The number of hydrogen-bond donors (Lipinski definition) is 3. The Labute approximate surface area is 114 Å². The molecule has 110 valence electrons. The van der Waals surface area contributed by atoms with E-state index in [1.807, 2.05) is 0 Å². The van der Waals surface area contributed by atoms with Crippen molar-refractivity contribution in [3.63, 3.8) is 0 Å². The van der Waals surface area contributed by atoms with Crippen LogP contribution in [0.1, 0.15) is 20.8 Å². The third-order valence-corrected chi connectivity index (χ3v) is 1.94. The third kappa shape index (κ3) is 4.79. The lowest BCUT2D eigenvalue weighted by atomic mass is 10.1. The van der Waals surface area contributed by atoms with E-state index in [0.29, 0.717) is 12.1 Å². The van der Waals surface area contributed by atoms with Gasteiger partial charge in [-0.05, 0) is 20.8 Å². The highest BCUT2D eigenvalue weighted by atomic mass is 19.1. The van der Waals surface area contributed by atoms with Gasteiger partial charge < -0.3 is 11.1 Å². The maximum atomic E-state index is 13.3. The highest BCUT2D eigenvalue weighted by Crippen LogP contribution is 2.22. The summed E-state index contributed by atoms with van der Waals surface area (Å²) in [5.41, 5.74) is 4.06. The van der Waals surface area contributed by atoms with E-state index in [0.717, 1.165) is 0 Å². The number of nitrogens with two attached hydrogens (primary N) is 1. The van der Waals surface area contributed by atoms with Crippen LogP contribution in [0.5, 0.6) is 0 Å². The van der Waals surface area contributed by atoms with Crippen molar-refractivity contribution in [3.05, 3.63) is 29.6 Å². The second-order valence-electron chi connectivity index (χ2n) is 5.04. The molecule has 0 heterocycles. The molecule has 0 saturated carbocycles. The van der Waals surface area contributed by atoms with Gasteiger partial charge in [-0.1, -0.05) is 0 Å². The number of hydrogen-bond acceptors (Lipinski definition) is 2. The van der Waals surface area contributed by atoms with Crippen LogP contribution in [-0.4, -0.2) is 17.5 Å². The number of carbonyl (C=O) groups excluding carboxylic acids is 1. The predicted molar refractivity (Wildman–Crippen MR) is 69.0 cm³/mol. The molecule has 1 rings (SSSR count). The first kappa shape index (κ1) is 15.8. The van der Waals surface area contributed by atoms with E-state index in [4.69, 9.17) is 5.73 Å². The maximum Gasteiger partial charge on any atom is 0.321 e. The van der Waals surface area contributed by atoms with E-state index in [-0.39, 0.29) is 0 Å². The molecule has 2 amide bonds. The number of urea groups is 1. The molecule has 20 heavy (non-hydrogen) atoms. The van der Waals surface area contributed by atoms with Crippen LogP contribution in [0.2, 0.25) is 0 Å². The SMILES string of the molecule is CC(C)(C)NC(=O)NC(N)=Nc1c(F)cc(F)cc1F. The number of amides is 2. The smallest absolute Gasteiger partial charge is 0.321 e. The Morgan fingerprint density at radius 3 is 2.15 bits per heavy atom. The summed E-state index contributed by atoms with van der Waals surface area (Å²) in [6.45, 7) is 5.21. The van der Waals surface area contributed by atoms with Crippen molar-refractivity contribution in [1.82, 2.24) is 10.6 Å². The summed E-state index contributed by atoms with van der Waals surface area (Å²) in [7, 11) is 0. The summed E-state index contributed by atoms with van der Waals surface area (Å²) >= 11 is 0. The van der Waals surface area contributed by atoms with Gasteiger partial charge in [0.25, 0.3) is 0 Å². The summed E-state index contributed by atoms with van der Waals surface area (Å²) in [6, 6.07) is 0.246. The Morgan fingerprint density at radius 1 is 1.20 bits per heavy atom. The van der Waals surface area contributed by atoms with Gasteiger partial charge in [-0.15, -0.1) is 0 Å². The number of nitrogens with one attached hydrogen (secondary N) is 2. The topological polar surface area (TPSA) is 79.5 Å². The summed E-state index contributed by atoms with van der Waals surface area (Å²) in [4.78, 5) is 14.8. The van der Waals surface area contributed by atoms with Gasteiger partial charge in [-0.2, -0.15) is 0 Å². The minimum Gasteiger partial charge on any atom is -0.369 e. The van der Waals surface area contributed by atoms with Gasteiger partial charge in [0.2, 0.25) is 5.96 Å². The molecule has 0 bridgehead atoms. The molecule has 0 aliphatic heterocycles. The molecule has 0 fully saturated rings. The molecule has 0 spiro atoms. The Bertz CT molecular complexity index is 529. The second kappa shape index (κ2) is 5.81. The summed E-state index contributed by atoms with van der Waals surface area (Å²) < 4.78 is 39.3. The number of guanidine groups is 1. The van der Waals surface area contributed by atoms with Crippen LogP contribution in [0.3, 0.4) is 0 Å². The molecule has 1 aromatic carbocycles. The molecule has 0 aliphatic rings. The molecule has 0 unspecified atom stereocenters. The number of nitrogens with zero attached hydrogens (tertiary/aromatic N) is 1. The fraction of sp³-hybridized carbons (Fsp3) is 0.333. The highest BCUT2D eigenvalue weighted by Gasteiger charge is 2.15. The zero-order chi connectivity index (χ0) is 15.5. The average molecular weight is 288 g/mol. The van der Waals surface area contributed by atoms with Gasteiger partial charge >= 0.3 is 6.03 Å². The fourth-order valence-electron chi connectivity index (χ4n) is 1.28. The number of aliphatic imine (C=N–C) groups is 1. The second-order valence-corrected chi connectivity index (χ2v) is 5.04. The van der Waals surface area contributed by atoms with Gasteiger partial charge in [0, 0.05) is 17.7 Å². The zero-order valence-corrected chi connectivity index (χ0v) is 11.2. The minimum absolute atomic E-state index is 0.463. The number of carbonyl (C=O) groups is 1. The van der Waals surface area contributed by atoms with Crippen LogP contribution in [0.15, 0.2) is 17.1 Å². The number of halogens is 3. The van der Waals surface area contributed by atoms with Crippen molar-refractivity contribution in [1.29, 1.82) is 0 Å². The lowest BCUT2D eigenvalue weighted by Gasteiger charge is -2.20. The molecule has 0 radical (unpaired) electrons. The normalized spacial score (nSPS) is 12.2. The molecule has 5 nitrogen and oxygen atoms in total. The lowest BCUT2D eigenvalue weighted by molar-refractivity contribution is 0.236. The minimum atomic E-state index is -1.22. The molecule has 8 heteroatoms. The van der Waals surface area contributed by atoms with Crippen molar-refractivity contribution in [2.45, 2.75) is 26.3 Å². The average Bonchev–Trinajstić information content (AvgIpc) is 2.20. The van der Waals surface area contributed by atoms with Gasteiger partial charge in [0.1, 0.15) is 11.5 Å². The van der Waals surface area contributed by atoms with Gasteiger partial charge in [-0.25, -0.2) is 23.0 Å². The third-order valence-electron chi connectivity index (χ3n) is 1.94. The Balaban J connectivity index is 2.87. The van der Waals surface area contributed by atoms with Crippen molar-refractivity contribution in [2.24, 2.45) is 10.7 Å². The van der Waals surface area contributed by atoms with Crippen LogP contribution in [0.4, 0.5) is 23.7 Å². The fourth-order valence-corrected chi connectivity index (χ4v) is 1.28. The Hall–Kier alpha value is -2.25. The first-order valence-corrected chi connectivity index (χ1v) is 5.66. The Kier molecular flexibility index (Phi) is 4.59. The van der Waals surface area contributed by atoms with Crippen LogP contribution in [0.25, 0.3) is 0 Å². The largest absolute Gasteiger partial charge is 0.369 e. The first-order valence-electron chi connectivity index (χ1n) is 5.66. The van der Waals surface area contributed by atoms with Crippen molar-refractivity contribution in [3.8, 4) is 0 Å². The monoisotopic (exact) mass is 288 g/mol. The summed E-state index contributed by atoms with van der Waals surface area (Å²) in [5, 5.41) is 4.62. The molecule has 0 aliphatic carbocycles. The van der Waals surface area contributed by atoms with Crippen LogP contribution in [0, 0.1) is 17.5 Å². The van der Waals surface area contributed by atoms with E-state index < -0.39 is 40.7 Å². The Morgan fingerprint density at radius 2 is 1.70 bits per heavy atom. The molecule has 1 aromatic rings. The summed E-state index contributed by atoms with van der Waals surface area (Å²) in [5.74, 6) is -4.03. The van der Waals surface area contributed by atoms with Crippen molar-refractivity contribution >= 4 is 17.7 Å². The molecule has 0 aromatic heterocycles. The zero-order valence-electron chi connectivity index (χ0n) is 11.2. The van der Waals surface area contributed by atoms with E-state index >= 15 is 0 Å². The maximum absolute atomic E-state index is 13.3. The standard InChI is InChI=1S/C12H15F3N4O/c1-12(2,3)19-11(20)18-10(16)17-9-7(14)4-6(13)5-8(9)15/h4-5H,1-3H3,(H4,16,17,18,19,20). The van der Waals surface area contributed by atoms with E-state index in [1.54, 1.807) is 20.8 Å². The highest BCUT2D eigenvalue weighted by molar-refractivity contribution is 5.96. The quantitative estimate of drug-likeness (QED) is 0.547. The molecule has 0 atom stereocenters. The lowest BCUT2D eigenvalue weighted by Crippen LogP contribution is -2.50.